The van der Waals surface area contributed by atoms with Crippen molar-refractivity contribution in [3.05, 3.63) is 60.2 Å². The van der Waals surface area contributed by atoms with Crippen molar-refractivity contribution >= 4 is 23.0 Å². The van der Waals surface area contributed by atoms with E-state index in [4.69, 9.17) is 5.73 Å². The lowest BCUT2D eigenvalue weighted by Crippen LogP contribution is -2.38. The second kappa shape index (κ2) is 8.60. The van der Waals surface area contributed by atoms with Crippen LogP contribution in [0.15, 0.2) is 42.9 Å². The van der Waals surface area contributed by atoms with Gasteiger partial charge in [0.1, 0.15) is 11.6 Å². The summed E-state index contributed by atoms with van der Waals surface area (Å²) in [6.07, 6.45) is 5.27. The van der Waals surface area contributed by atoms with Crippen molar-refractivity contribution in [2.45, 2.75) is 18.9 Å². The van der Waals surface area contributed by atoms with Gasteiger partial charge in [0.2, 0.25) is 0 Å². The Morgan fingerprint density at radius 3 is 2.74 bits per heavy atom. The molecule has 1 aliphatic heterocycles. The van der Waals surface area contributed by atoms with Gasteiger partial charge in [-0.2, -0.15) is 0 Å². The molecule has 1 amide bonds. The van der Waals surface area contributed by atoms with Crippen LogP contribution >= 0.6 is 0 Å². The maximum Gasteiger partial charge on any atom is 0.276 e. The minimum atomic E-state index is -0.852. The number of nitrogens with zero attached hydrogens (tertiary/aromatic N) is 4. The third-order valence-electron chi connectivity index (χ3n) is 5.00. The minimum absolute atomic E-state index is 0.0446. The van der Waals surface area contributed by atoms with Crippen molar-refractivity contribution < 1.29 is 18.7 Å². The minimum Gasteiger partial charge on any atom is -0.396 e. The first kappa shape index (κ1) is 20.6. The first-order valence-corrected chi connectivity index (χ1v) is 9.69. The third-order valence-corrected chi connectivity index (χ3v) is 5.00. The number of anilines is 3. The van der Waals surface area contributed by atoms with E-state index in [1.165, 1.54) is 12.3 Å². The van der Waals surface area contributed by atoms with Crippen molar-refractivity contribution in [3.63, 3.8) is 0 Å². The Hall–Kier alpha value is -3.66. The number of hydrogen-bond donors (Lipinski definition) is 3. The molecule has 0 unspecified atom stereocenters. The number of β-amino-alcohol motifs (C(OH)–C–C–N with tert-alkyl or cyclic N) is 1. The van der Waals surface area contributed by atoms with Crippen molar-refractivity contribution in [1.82, 2.24) is 15.0 Å². The zero-order chi connectivity index (χ0) is 22.0. The Kier molecular flexibility index (Phi) is 5.72. The number of halogens is 2. The fourth-order valence-corrected chi connectivity index (χ4v) is 3.52. The summed E-state index contributed by atoms with van der Waals surface area (Å²) in [7, 11) is 0. The Balaban J connectivity index is 1.65. The molecule has 4 rings (SSSR count). The molecule has 1 aromatic carbocycles. The molecule has 0 aliphatic carbocycles. The molecule has 0 radical (unpaired) electrons. The van der Waals surface area contributed by atoms with Gasteiger partial charge >= 0.3 is 0 Å². The number of carbonyl (C=O) groups excluding carboxylic acids is 1. The second-order valence-corrected chi connectivity index (χ2v) is 7.18. The number of nitrogens with one attached hydrogen (secondary N) is 1. The average molecular weight is 426 g/mol. The van der Waals surface area contributed by atoms with E-state index in [1.807, 2.05) is 4.90 Å². The predicted molar refractivity (Wildman–Crippen MR) is 111 cm³/mol. The monoisotopic (exact) mass is 426 g/mol. The Bertz CT molecular complexity index is 1110. The number of benzene rings is 1. The van der Waals surface area contributed by atoms with Gasteiger partial charge in [0, 0.05) is 19.3 Å². The molecule has 31 heavy (non-hydrogen) atoms. The number of aromatic nitrogens is 3. The SMILES string of the molecule is Nc1cnc(-c2c(F)cccc2F)nc1C(=O)Nc1cnccc1N1CCC[C@H](O)C1. The number of carbonyl (C=O) groups is 1. The van der Waals surface area contributed by atoms with Gasteiger partial charge in [-0.25, -0.2) is 18.7 Å². The number of piperidine rings is 1. The maximum atomic E-state index is 14.1. The van der Waals surface area contributed by atoms with Crippen molar-refractivity contribution in [2.75, 3.05) is 29.0 Å². The first-order chi connectivity index (χ1) is 14.9. The lowest BCUT2D eigenvalue weighted by Gasteiger charge is -2.33. The fraction of sp³-hybridized carbons (Fsp3) is 0.238. The highest BCUT2D eigenvalue weighted by Gasteiger charge is 2.23. The van der Waals surface area contributed by atoms with Gasteiger partial charge in [-0.05, 0) is 31.0 Å². The highest BCUT2D eigenvalue weighted by molar-refractivity contribution is 6.07. The molecule has 3 aromatic rings. The van der Waals surface area contributed by atoms with E-state index in [0.717, 1.165) is 37.7 Å². The van der Waals surface area contributed by atoms with Crippen LogP contribution in [0, 0.1) is 11.6 Å². The Morgan fingerprint density at radius 2 is 2.00 bits per heavy atom. The van der Waals surface area contributed by atoms with Crippen LogP contribution in [0.5, 0.6) is 0 Å². The highest BCUT2D eigenvalue weighted by atomic mass is 19.1. The summed E-state index contributed by atoms with van der Waals surface area (Å²) in [6.45, 7) is 1.15. The smallest absolute Gasteiger partial charge is 0.276 e. The number of amides is 1. The standard InChI is InChI=1S/C21H20F2N6O2/c22-13-4-1-5-14(23)18(13)20-26-9-15(24)19(28-20)21(31)27-16-10-25-7-6-17(16)29-8-2-3-12(30)11-29/h1,4-7,9-10,12,30H,2-3,8,11,24H2,(H,27,31)/t12-/m0/s1. The van der Waals surface area contributed by atoms with E-state index in [0.29, 0.717) is 17.9 Å². The number of aliphatic hydroxyl groups is 1. The highest BCUT2D eigenvalue weighted by Crippen LogP contribution is 2.29. The lowest BCUT2D eigenvalue weighted by atomic mass is 10.1. The quantitative estimate of drug-likeness (QED) is 0.587. The van der Waals surface area contributed by atoms with Crippen LogP contribution in [0.3, 0.4) is 0 Å². The molecular weight excluding hydrogens is 406 g/mol. The molecule has 8 nitrogen and oxygen atoms in total. The van der Waals surface area contributed by atoms with Crippen LogP contribution in [0.4, 0.5) is 25.8 Å². The molecule has 0 saturated carbocycles. The lowest BCUT2D eigenvalue weighted by molar-refractivity contribution is 0.102. The van der Waals surface area contributed by atoms with Gasteiger partial charge in [-0.15, -0.1) is 0 Å². The number of pyridine rings is 1. The molecule has 0 spiro atoms. The van der Waals surface area contributed by atoms with E-state index in [2.05, 4.69) is 20.3 Å². The predicted octanol–water partition coefficient (Wildman–Crippen LogP) is 2.61. The van der Waals surface area contributed by atoms with Gasteiger partial charge in [-0.1, -0.05) is 6.07 Å². The molecule has 160 valence electrons. The third kappa shape index (κ3) is 4.29. The molecule has 1 saturated heterocycles. The topological polar surface area (TPSA) is 117 Å². The summed E-state index contributed by atoms with van der Waals surface area (Å²) in [4.78, 5) is 26.8. The maximum absolute atomic E-state index is 14.1. The summed E-state index contributed by atoms with van der Waals surface area (Å²) in [5, 5.41) is 12.7. The normalized spacial score (nSPS) is 16.2. The second-order valence-electron chi connectivity index (χ2n) is 7.18. The van der Waals surface area contributed by atoms with Crippen molar-refractivity contribution in [3.8, 4) is 11.4 Å². The van der Waals surface area contributed by atoms with E-state index in [1.54, 1.807) is 12.3 Å². The van der Waals surface area contributed by atoms with Gasteiger partial charge in [0.25, 0.3) is 5.91 Å². The Labute approximate surface area is 176 Å². The van der Waals surface area contributed by atoms with Crippen LogP contribution in [-0.4, -0.2) is 45.2 Å². The average Bonchev–Trinajstić information content (AvgIpc) is 2.75. The summed E-state index contributed by atoms with van der Waals surface area (Å²) in [5.41, 5.74) is 6.25. The molecule has 2 aromatic heterocycles. The molecule has 0 bridgehead atoms. The van der Waals surface area contributed by atoms with Crippen molar-refractivity contribution in [1.29, 1.82) is 0 Å². The van der Waals surface area contributed by atoms with E-state index >= 15 is 0 Å². The molecule has 10 heteroatoms. The number of hydrogen-bond acceptors (Lipinski definition) is 7. The molecule has 1 atom stereocenters. The zero-order valence-electron chi connectivity index (χ0n) is 16.4. The number of nitrogens with two attached hydrogens (primary N) is 1. The van der Waals surface area contributed by atoms with E-state index in [9.17, 15) is 18.7 Å². The first-order valence-electron chi connectivity index (χ1n) is 9.69. The molecule has 3 heterocycles. The fourth-order valence-electron chi connectivity index (χ4n) is 3.52. The van der Waals surface area contributed by atoms with Crippen LogP contribution in [0.2, 0.25) is 0 Å². The summed E-state index contributed by atoms with van der Waals surface area (Å²) in [6, 6.07) is 5.11. The van der Waals surface area contributed by atoms with Crippen LogP contribution in [0.25, 0.3) is 11.4 Å². The summed E-state index contributed by atoms with van der Waals surface area (Å²) >= 11 is 0. The molecule has 4 N–H and O–H groups in total. The van der Waals surface area contributed by atoms with Crippen LogP contribution < -0.4 is 16.0 Å². The van der Waals surface area contributed by atoms with Gasteiger partial charge in [-0.3, -0.25) is 9.78 Å². The molecule has 1 aliphatic rings. The largest absolute Gasteiger partial charge is 0.396 e. The zero-order valence-corrected chi connectivity index (χ0v) is 16.4. The molecule has 1 fully saturated rings. The number of aliphatic hydroxyl groups excluding tert-OH is 1. The van der Waals surface area contributed by atoms with Gasteiger partial charge in [0.15, 0.2) is 11.5 Å². The van der Waals surface area contributed by atoms with Crippen molar-refractivity contribution in [2.24, 2.45) is 0 Å². The number of rotatable bonds is 4. The van der Waals surface area contributed by atoms with Gasteiger partial charge < -0.3 is 21.1 Å². The van der Waals surface area contributed by atoms with Gasteiger partial charge in [0.05, 0.1) is 41.1 Å². The molecular formula is C21H20F2N6O2. The summed E-state index contributed by atoms with van der Waals surface area (Å²) < 4.78 is 28.2. The van der Waals surface area contributed by atoms with E-state index < -0.39 is 29.2 Å². The summed E-state index contributed by atoms with van der Waals surface area (Å²) in [5.74, 6) is -2.67. The van der Waals surface area contributed by atoms with E-state index in [-0.39, 0.29) is 17.2 Å². The van der Waals surface area contributed by atoms with Crippen LogP contribution in [0.1, 0.15) is 23.3 Å². The van der Waals surface area contributed by atoms with Crippen LogP contribution in [-0.2, 0) is 0 Å². The number of nitrogen functional groups attached to an aromatic ring is 1. The Morgan fingerprint density at radius 1 is 1.23 bits per heavy atom.